The van der Waals surface area contributed by atoms with Crippen molar-refractivity contribution in [1.29, 1.82) is 0 Å². The van der Waals surface area contributed by atoms with Gasteiger partial charge in [0.25, 0.3) is 0 Å². The minimum atomic E-state index is -1.67. The van der Waals surface area contributed by atoms with Gasteiger partial charge in [0.05, 0.1) is 12.0 Å². The highest BCUT2D eigenvalue weighted by molar-refractivity contribution is 6.70. The van der Waals surface area contributed by atoms with Gasteiger partial charge in [-0.1, -0.05) is 6.07 Å². The van der Waals surface area contributed by atoms with Crippen LogP contribution in [0.4, 0.5) is 5.69 Å². The number of aryl methyl sites for hydroxylation is 2. The predicted octanol–water partition coefficient (Wildman–Crippen LogP) is 5.25. The summed E-state index contributed by atoms with van der Waals surface area (Å²) >= 11 is 0. The molecular formula is C17H23NO2Si. The standard InChI is InChI=1S/C17H23NO2Si/c1-12-7-8-15(16(11-12)20-21(4,5)6)18-14(3)17-13(2)9-10-19-17/h7-11H,1-6H3. The summed E-state index contributed by atoms with van der Waals surface area (Å²) in [6, 6.07) is 8.06. The van der Waals surface area contributed by atoms with E-state index in [1.807, 2.05) is 26.0 Å². The van der Waals surface area contributed by atoms with Gasteiger partial charge < -0.3 is 8.84 Å². The second-order valence-electron chi connectivity index (χ2n) is 6.32. The van der Waals surface area contributed by atoms with E-state index < -0.39 is 8.32 Å². The number of benzene rings is 1. The van der Waals surface area contributed by atoms with E-state index in [4.69, 9.17) is 13.8 Å². The fourth-order valence-electron chi connectivity index (χ4n) is 2.10. The van der Waals surface area contributed by atoms with Gasteiger partial charge in [0, 0.05) is 0 Å². The molecule has 1 aromatic heterocycles. The summed E-state index contributed by atoms with van der Waals surface area (Å²) in [6.45, 7) is 12.6. The van der Waals surface area contributed by atoms with Crippen LogP contribution in [-0.2, 0) is 0 Å². The largest absolute Gasteiger partial charge is 0.543 e. The van der Waals surface area contributed by atoms with Gasteiger partial charge in [0.1, 0.15) is 11.4 Å². The summed E-state index contributed by atoms with van der Waals surface area (Å²) < 4.78 is 11.7. The molecule has 2 rings (SSSR count). The molecule has 1 heterocycles. The summed E-state index contributed by atoms with van der Waals surface area (Å²) in [5.74, 6) is 1.69. The van der Waals surface area contributed by atoms with Crippen molar-refractivity contribution in [1.82, 2.24) is 0 Å². The molecule has 0 N–H and O–H groups in total. The molecule has 0 bridgehead atoms. The van der Waals surface area contributed by atoms with Gasteiger partial charge in [-0.15, -0.1) is 0 Å². The highest BCUT2D eigenvalue weighted by Crippen LogP contribution is 2.31. The van der Waals surface area contributed by atoms with Gasteiger partial charge in [0.2, 0.25) is 8.32 Å². The van der Waals surface area contributed by atoms with Crippen LogP contribution in [0.3, 0.4) is 0 Å². The minimum absolute atomic E-state index is 0.828. The third-order valence-corrected chi connectivity index (χ3v) is 3.84. The third-order valence-electron chi connectivity index (χ3n) is 3.01. The molecule has 3 nitrogen and oxygen atoms in total. The molecule has 0 atom stereocenters. The van der Waals surface area contributed by atoms with E-state index in [0.717, 1.165) is 28.5 Å². The lowest BCUT2D eigenvalue weighted by molar-refractivity contribution is 0.554. The van der Waals surface area contributed by atoms with Crippen LogP contribution in [0.2, 0.25) is 19.6 Å². The van der Waals surface area contributed by atoms with Gasteiger partial charge in [-0.05, 0) is 69.7 Å². The third kappa shape index (κ3) is 4.08. The van der Waals surface area contributed by atoms with Crippen LogP contribution in [0.5, 0.6) is 5.75 Å². The first-order valence-electron chi connectivity index (χ1n) is 7.16. The molecule has 0 unspecified atom stereocenters. The first-order chi connectivity index (χ1) is 9.76. The molecule has 112 valence electrons. The minimum Gasteiger partial charge on any atom is -0.543 e. The Morgan fingerprint density at radius 2 is 1.86 bits per heavy atom. The summed E-state index contributed by atoms with van der Waals surface area (Å²) in [7, 11) is -1.67. The molecular weight excluding hydrogens is 278 g/mol. The summed E-state index contributed by atoms with van der Waals surface area (Å²) in [5.41, 5.74) is 3.99. The van der Waals surface area contributed by atoms with Crippen LogP contribution >= 0.6 is 0 Å². The van der Waals surface area contributed by atoms with E-state index >= 15 is 0 Å². The molecule has 0 aliphatic heterocycles. The van der Waals surface area contributed by atoms with E-state index in [1.54, 1.807) is 6.26 Å². The average Bonchev–Trinajstić information content (AvgIpc) is 2.77. The molecule has 0 fully saturated rings. The van der Waals surface area contributed by atoms with Gasteiger partial charge in [-0.2, -0.15) is 0 Å². The van der Waals surface area contributed by atoms with Gasteiger partial charge in [0.15, 0.2) is 5.76 Å². The topological polar surface area (TPSA) is 34.7 Å². The molecule has 0 aliphatic rings. The van der Waals surface area contributed by atoms with Crippen molar-refractivity contribution in [3.8, 4) is 5.75 Å². The molecule has 0 amide bonds. The number of hydrogen-bond acceptors (Lipinski definition) is 3. The molecule has 0 spiro atoms. The monoisotopic (exact) mass is 301 g/mol. The fraction of sp³-hybridized carbons (Fsp3) is 0.353. The Bertz CT molecular complexity index is 666. The Labute approximate surface area is 127 Å². The second-order valence-corrected chi connectivity index (χ2v) is 10.7. The Kier molecular flexibility index (Phi) is 4.37. The lowest BCUT2D eigenvalue weighted by atomic mass is 10.2. The van der Waals surface area contributed by atoms with Crippen LogP contribution in [0.25, 0.3) is 0 Å². The maximum Gasteiger partial charge on any atom is 0.242 e. The molecule has 2 aromatic rings. The SMILES string of the molecule is CC(=Nc1ccc(C)cc1O[Si](C)(C)C)c1occc1C. The molecule has 1 aromatic carbocycles. The number of furan rings is 1. The van der Waals surface area contributed by atoms with Gasteiger partial charge >= 0.3 is 0 Å². The Morgan fingerprint density at radius 1 is 1.14 bits per heavy atom. The highest BCUT2D eigenvalue weighted by Gasteiger charge is 2.18. The molecule has 0 aliphatic carbocycles. The van der Waals surface area contributed by atoms with E-state index in [9.17, 15) is 0 Å². The van der Waals surface area contributed by atoms with E-state index in [1.165, 1.54) is 5.56 Å². The first-order valence-corrected chi connectivity index (χ1v) is 10.6. The average molecular weight is 301 g/mol. The zero-order valence-corrected chi connectivity index (χ0v) is 14.7. The molecule has 0 saturated heterocycles. The van der Waals surface area contributed by atoms with Crippen LogP contribution in [0.15, 0.2) is 39.9 Å². The van der Waals surface area contributed by atoms with E-state index in [0.29, 0.717) is 0 Å². The van der Waals surface area contributed by atoms with Crippen LogP contribution in [0, 0.1) is 13.8 Å². The van der Waals surface area contributed by atoms with Crippen molar-refractivity contribution >= 4 is 19.7 Å². The second kappa shape index (κ2) is 5.90. The first kappa shape index (κ1) is 15.6. The van der Waals surface area contributed by atoms with Crippen molar-refractivity contribution in [2.45, 2.75) is 40.4 Å². The van der Waals surface area contributed by atoms with Gasteiger partial charge in [-0.25, -0.2) is 4.99 Å². The molecule has 0 radical (unpaired) electrons. The Hall–Kier alpha value is -1.81. The Balaban J connectivity index is 2.42. The van der Waals surface area contributed by atoms with Crippen LogP contribution in [-0.4, -0.2) is 14.0 Å². The normalized spacial score (nSPS) is 12.6. The number of rotatable bonds is 4. The number of hydrogen-bond donors (Lipinski definition) is 0. The van der Waals surface area contributed by atoms with E-state index in [-0.39, 0.29) is 0 Å². The lowest BCUT2D eigenvalue weighted by Crippen LogP contribution is -2.29. The number of nitrogens with zero attached hydrogens (tertiary/aromatic N) is 1. The Morgan fingerprint density at radius 3 is 2.43 bits per heavy atom. The maximum atomic E-state index is 6.16. The summed E-state index contributed by atoms with van der Waals surface area (Å²) in [5, 5.41) is 0. The zero-order valence-electron chi connectivity index (χ0n) is 13.7. The van der Waals surface area contributed by atoms with Crippen LogP contribution in [0.1, 0.15) is 23.8 Å². The highest BCUT2D eigenvalue weighted by atomic mass is 28.4. The predicted molar refractivity (Wildman–Crippen MR) is 90.5 cm³/mol. The molecule has 4 heteroatoms. The van der Waals surface area contributed by atoms with Crippen molar-refractivity contribution in [2.75, 3.05) is 0 Å². The molecule has 0 saturated carbocycles. The summed E-state index contributed by atoms with van der Waals surface area (Å²) in [6.07, 6.45) is 1.69. The van der Waals surface area contributed by atoms with Crippen molar-refractivity contribution in [2.24, 2.45) is 4.99 Å². The fourth-order valence-corrected chi connectivity index (χ4v) is 2.92. The molecule has 21 heavy (non-hydrogen) atoms. The van der Waals surface area contributed by atoms with Crippen molar-refractivity contribution in [3.63, 3.8) is 0 Å². The lowest BCUT2D eigenvalue weighted by Gasteiger charge is -2.21. The maximum absolute atomic E-state index is 6.16. The smallest absolute Gasteiger partial charge is 0.242 e. The van der Waals surface area contributed by atoms with Crippen molar-refractivity contribution < 1.29 is 8.84 Å². The van der Waals surface area contributed by atoms with E-state index in [2.05, 4.69) is 38.7 Å². The van der Waals surface area contributed by atoms with Crippen LogP contribution < -0.4 is 4.43 Å². The van der Waals surface area contributed by atoms with Gasteiger partial charge in [-0.3, -0.25) is 0 Å². The summed E-state index contributed by atoms with van der Waals surface area (Å²) in [4.78, 5) is 4.71. The quantitative estimate of drug-likeness (QED) is 0.571. The van der Waals surface area contributed by atoms with Crippen molar-refractivity contribution in [3.05, 3.63) is 47.4 Å². The number of aliphatic imine (C=N–C) groups is 1. The zero-order chi connectivity index (χ0) is 15.6.